The molecule has 0 bridgehead atoms. The summed E-state index contributed by atoms with van der Waals surface area (Å²) < 4.78 is 5.12. The average molecular weight is 491 g/mol. The smallest absolute Gasteiger partial charge is 0.409 e. The second-order valence-corrected chi connectivity index (χ2v) is 9.92. The van der Waals surface area contributed by atoms with E-state index in [1.54, 1.807) is 0 Å². The van der Waals surface area contributed by atoms with Crippen LogP contribution in [0, 0.1) is 11.3 Å². The maximum Gasteiger partial charge on any atom is 0.409 e. The first-order valence-electron chi connectivity index (χ1n) is 13.1. The second-order valence-electron chi connectivity index (χ2n) is 9.92. The number of amidine groups is 1. The normalized spacial score (nSPS) is 20.1. The van der Waals surface area contributed by atoms with Gasteiger partial charge < -0.3 is 20.3 Å². The van der Waals surface area contributed by atoms with Crippen molar-refractivity contribution in [1.82, 2.24) is 9.80 Å². The van der Waals surface area contributed by atoms with Crippen molar-refractivity contribution in [3.05, 3.63) is 59.2 Å². The molecule has 3 atom stereocenters. The first-order valence-corrected chi connectivity index (χ1v) is 13.1. The summed E-state index contributed by atoms with van der Waals surface area (Å²) in [6.07, 6.45) is 4.06. The van der Waals surface area contributed by atoms with Crippen LogP contribution in [0.25, 0.3) is 11.1 Å². The average Bonchev–Trinajstić information content (AvgIpc) is 3.43. The van der Waals surface area contributed by atoms with Gasteiger partial charge in [0.25, 0.3) is 5.91 Å². The number of unbranched alkanes of at least 4 members (excludes halogenated alkanes) is 1. The second kappa shape index (κ2) is 11.1. The SMILES string of the molecule is CCN(CC)C(=O)c1cccc(-c2ccc3c(c2)C[C@H]2[C@H]3[C@@H](CCCCC(=N)N)CN2C(=O)OC)c1. The Balaban J connectivity index is 1.58. The maximum atomic E-state index is 12.9. The summed E-state index contributed by atoms with van der Waals surface area (Å²) in [5.74, 6) is 0.945. The highest BCUT2D eigenvalue weighted by Crippen LogP contribution is 2.49. The van der Waals surface area contributed by atoms with Gasteiger partial charge in [0, 0.05) is 43.6 Å². The number of fused-ring (bicyclic) bond motifs is 3. The highest BCUT2D eigenvalue weighted by molar-refractivity contribution is 5.95. The van der Waals surface area contributed by atoms with Gasteiger partial charge in [-0.05, 0) is 73.4 Å². The van der Waals surface area contributed by atoms with Crippen molar-refractivity contribution < 1.29 is 14.3 Å². The van der Waals surface area contributed by atoms with Crippen molar-refractivity contribution >= 4 is 17.8 Å². The molecular weight excluding hydrogens is 452 g/mol. The van der Waals surface area contributed by atoms with Crippen LogP contribution in [0.1, 0.15) is 66.9 Å². The third kappa shape index (κ3) is 5.11. The number of likely N-dealkylation sites (tertiary alicyclic amines) is 1. The van der Waals surface area contributed by atoms with Crippen molar-refractivity contribution in [3.63, 3.8) is 0 Å². The predicted octanol–water partition coefficient (Wildman–Crippen LogP) is 5.04. The molecule has 2 aliphatic rings. The molecule has 1 saturated heterocycles. The Labute approximate surface area is 214 Å². The molecule has 36 heavy (non-hydrogen) atoms. The van der Waals surface area contributed by atoms with E-state index >= 15 is 0 Å². The van der Waals surface area contributed by atoms with Crippen LogP contribution < -0.4 is 5.73 Å². The molecule has 1 fully saturated rings. The Morgan fingerprint density at radius 3 is 2.56 bits per heavy atom. The van der Waals surface area contributed by atoms with Crippen molar-refractivity contribution in [2.75, 3.05) is 26.7 Å². The van der Waals surface area contributed by atoms with Crippen molar-refractivity contribution in [3.8, 4) is 11.1 Å². The number of benzene rings is 2. The predicted molar refractivity (Wildman–Crippen MR) is 142 cm³/mol. The lowest BCUT2D eigenvalue weighted by molar-refractivity contribution is 0.0773. The number of nitrogens with two attached hydrogens (primary N) is 1. The van der Waals surface area contributed by atoms with Gasteiger partial charge in [0.15, 0.2) is 0 Å². The van der Waals surface area contributed by atoms with E-state index in [4.69, 9.17) is 15.9 Å². The Hall–Kier alpha value is -3.35. The Morgan fingerprint density at radius 2 is 1.86 bits per heavy atom. The molecule has 4 rings (SSSR count). The molecule has 0 aromatic heterocycles. The minimum absolute atomic E-state index is 0.0545. The lowest BCUT2D eigenvalue weighted by atomic mass is 9.84. The lowest BCUT2D eigenvalue weighted by Crippen LogP contribution is -2.36. The van der Waals surface area contributed by atoms with Crippen LogP contribution in [0.2, 0.25) is 0 Å². The Morgan fingerprint density at radius 1 is 1.11 bits per heavy atom. The van der Waals surface area contributed by atoms with Gasteiger partial charge in [-0.1, -0.05) is 36.8 Å². The molecule has 7 heteroatoms. The summed E-state index contributed by atoms with van der Waals surface area (Å²) in [5.41, 5.74) is 10.9. The molecule has 2 aromatic carbocycles. The molecule has 2 aromatic rings. The number of rotatable bonds is 9. The van der Waals surface area contributed by atoms with Crippen LogP contribution in [-0.2, 0) is 11.2 Å². The van der Waals surface area contributed by atoms with Crippen LogP contribution in [-0.4, -0.2) is 60.4 Å². The standard InChI is InChI=1S/C29H38N4O3/c1-4-32(5-2)28(34)21-11-8-10-19(15-21)20-13-14-24-23(16-20)17-25-27(24)22(9-6-7-12-26(30)31)18-33(25)29(35)36-3/h8,10-11,13-16,22,25,27H,4-7,9,12,17-18H2,1-3H3,(H3,30,31)/t22-,25-,27-/m0/s1. The van der Waals surface area contributed by atoms with E-state index < -0.39 is 0 Å². The van der Waals surface area contributed by atoms with E-state index in [-0.39, 0.29) is 23.9 Å². The molecule has 0 unspecified atom stereocenters. The number of nitrogens with zero attached hydrogens (tertiary/aromatic N) is 2. The molecule has 192 valence electrons. The molecule has 1 heterocycles. The largest absolute Gasteiger partial charge is 0.453 e. The van der Waals surface area contributed by atoms with Crippen LogP contribution in [0.3, 0.4) is 0 Å². The fourth-order valence-electron chi connectivity index (χ4n) is 6.07. The summed E-state index contributed by atoms with van der Waals surface area (Å²) in [6, 6.07) is 14.6. The highest BCUT2D eigenvalue weighted by atomic mass is 16.5. The Kier molecular flexibility index (Phi) is 7.97. The van der Waals surface area contributed by atoms with E-state index in [1.165, 1.54) is 18.2 Å². The van der Waals surface area contributed by atoms with Crippen molar-refractivity contribution in [2.24, 2.45) is 11.7 Å². The van der Waals surface area contributed by atoms with Crippen LogP contribution in [0.4, 0.5) is 4.79 Å². The summed E-state index contributed by atoms with van der Waals surface area (Å²) >= 11 is 0. The van der Waals surface area contributed by atoms with Gasteiger partial charge in [-0.25, -0.2) is 4.79 Å². The van der Waals surface area contributed by atoms with Gasteiger partial charge in [0.2, 0.25) is 0 Å². The molecule has 0 saturated carbocycles. The molecule has 7 nitrogen and oxygen atoms in total. The van der Waals surface area contributed by atoms with E-state index in [2.05, 4.69) is 24.3 Å². The van der Waals surface area contributed by atoms with Gasteiger partial charge in [0.1, 0.15) is 0 Å². The summed E-state index contributed by atoms with van der Waals surface area (Å²) in [4.78, 5) is 29.2. The number of ether oxygens (including phenoxy) is 1. The summed E-state index contributed by atoms with van der Waals surface area (Å²) in [7, 11) is 1.45. The summed E-state index contributed by atoms with van der Waals surface area (Å²) in [5, 5.41) is 7.47. The quantitative estimate of drug-likeness (QED) is 0.292. The van der Waals surface area contributed by atoms with E-state index in [1.807, 2.05) is 41.8 Å². The zero-order valence-corrected chi connectivity index (χ0v) is 21.6. The number of methoxy groups -OCH3 is 1. The third-order valence-corrected chi connectivity index (χ3v) is 7.86. The van der Waals surface area contributed by atoms with Crippen LogP contribution in [0.5, 0.6) is 0 Å². The van der Waals surface area contributed by atoms with Gasteiger partial charge >= 0.3 is 6.09 Å². The van der Waals surface area contributed by atoms with E-state index in [9.17, 15) is 9.59 Å². The van der Waals surface area contributed by atoms with Crippen molar-refractivity contribution in [2.45, 2.75) is 57.9 Å². The number of nitrogens with one attached hydrogen (secondary N) is 1. The zero-order chi connectivity index (χ0) is 25.8. The molecule has 0 spiro atoms. The number of carbonyl (C=O) groups is 2. The van der Waals surface area contributed by atoms with Crippen LogP contribution in [0.15, 0.2) is 42.5 Å². The molecule has 2 amide bonds. The monoisotopic (exact) mass is 490 g/mol. The fourth-order valence-corrected chi connectivity index (χ4v) is 6.07. The van der Waals surface area contributed by atoms with E-state index in [0.29, 0.717) is 43.5 Å². The molecule has 1 aliphatic carbocycles. The molecule has 0 radical (unpaired) electrons. The third-order valence-electron chi connectivity index (χ3n) is 7.86. The highest BCUT2D eigenvalue weighted by Gasteiger charge is 2.48. The minimum atomic E-state index is -0.258. The van der Waals surface area contributed by atoms with E-state index in [0.717, 1.165) is 36.8 Å². The number of carbonyl (C=O) groups excluding carboxylic acids is 2. The number of hydrogen-bond donors (Lipinski definition) is 2. The minimum Gasteiger partial charge on any atom is -0.453 e. The molecule has 1 aliphatic heterocycles. The van der Waals surface area contributed by atoms with Crippen LogP contribution >= 0.6 is 0 Å². The van der Waals surface area contributed by atoms with Gasteiger partial charge in [-0.3, -0.25) is 10.2 Å². The molecular formula is C29H38N4O3. The molecule has 3 N–H and O–H groups in total. The first kappa shape index (κ1) is 25.7. The summed E-state index contributed by atoms with van der Waals surface area (Å²) in [6.45, 7) is 6.08. The maximum absolute atomic E-state index is 12.9. The number of amides is 2. The van der Waals surface area contributed by atoms with Gasteiger partial charge in [-0.2, -0.15) is 0 Å². The Bertz CT molecular complexity index is 1130. The fraction of sp³-hybridized carbons (Fsp3) is 0.483. The zero-order valence-electron chi connectivity index (χ0n) is 21.6. The van der Waals surface area contributed by atoms with Crippen molar-refractivity contribution in [1.29, 1.82) is 5.41 Å². The topological polar surface area (TPSA) is 99.7 Å². The first-order chi connectivity index (χ1) is 17.4. The van der Waals surface area contributed by atoms with Gasteiger partial charge in [0.05, 0.1) is 12.9 Å². The van der Waals surface area contributed by atoms with Gasteiger partial charge in [-0.15, -0.1) is 0 Å². The number of hydrogen-bond acceptors (Lipinski definition) is 4. The lowest BCUT2D eigenvalue weighted by Gasteiger charge is -2.22.